The number of likely N-dealkylation sites (N-methyl/N-ethyl adjacent to an activating group) is 1. The smallest absolute Gasteiger partial charge is 0.432 e. The van der Waals surface area contributed by atoms with Crippen molar-refractivity contribution in [3.63, 3.8) is 0 Å². The Morgan fingerprint density at radius 2 is 1.75 bits per heavy atom. The number of halogens is 3. The van der Waals surface area contributed by atoms with Crippen molar-refractivity contribution < 1.29 is 37.4 Å². The molecule has 0 saturated heterocycles. The third kappa shape index (κ3) is 3.94. The van der Waals surface area contributed by atoms with Gasteiger partial charge in [0, 0.05) is 32.4 Å². The molecule has 24 heavy (non-hydrogen) atoms. The Morgan fingerprint density at radius 3 is 2.42 bits per heavy atom. The van der Waals surface area contributed by atoms with E-state index in [0.29, 0.717) is 12.5 Å². The maximum atomic E-state index is 12.5. The van der Waals surface area contributed by atoms with Crippen LogP contribution in [0.15, 0.2) is 4.99 Å². The predicted molar refractivity (Wildman–Crippen MR) is 81.4 cm³/mol. The molecule has 132 valence electrons. The summed E-state index contributed by atoms with van der Waals surface area (Å²) in [5.41, 5.74) is 0. The van der Waals surface area contributed by atoms with Crippen LogP contribution in [0.2, 0.25) is 0 Å². The Morgan fingerprint density at radius 1 is 1.12 bits per heavy atom. The summed E-state index contributed by atoms with van der Waals surface area (Å²) in [5, 5.41) is 3.51. The summed E-state index contributed by atoms with van der Waals surface area (Å²) in [6.45, 7) is 0. The Hall–Kier alpha value is -0.647. The fraction of sp³-hybridized carbons (Fsp3) is 0.875. The summed E-state index contributed by atoms with van der Waals surface area (Å²) in [5.74, 6) is -1.22. The number of hydrogen-bond donors (Lipinski definition) is 0. The zero-order valence-electron chi connectivity index (χ0n) is 14.1. The first kappa shape index (κ1) is 19.7. The van der Waals surface area contributed by atoms with E-state index in [0.717, 1.165) is 44.4 Å². The predicted octanol–water partition coefficient (Wildman–Crippen LogP) is 3.66. The average Bonchev–Trinajstić information content (AvgIpc) is 2.84. The normalized spacial score (nSPS) is 33.3. The molecule has 1 heterocycles. The minimum Gasteiger partial charge on any atom is -0.642 e. The molecule has 3 rings (SSSR count). The first-order valence-electron chi connectivity index (χ1n) is 8.50. The summed E-state index contributed by atoms with van der Waals surface area (Å²) in [6, 6.07) is 0.0588. The SMILES string of the molecule is CN1C(C2CCCCC2[N-]C(=O)C(F)(F)F)=NC2CCCCC21.[Zn]. The van der Waals surface area contributed by atoms with Crippen molar-refractivity contribution in [2.45, 2.75) is 75.7 Å². The van der Waals surface area contributed by atoms with Gasteiger partial charge in [-0.2, -0.15) is 13.2 Å². The fourth-order valence-electron chi connectivity index (χ4n) is 4.27. The van der Waals surface area contributed by atoms with Gasteiger partial charge in [-0.3, -0.25) is 4.99 Å². The molecule has 0 aromatic rings. The third-order valence-corrected chi connectivity index (χ3v) is 5.44. The van der Waals surface area contributed by atoms with E-state index in [-0.39, 0.29) is 31.4 Å². The Labute approximate surface area is 153 Å². The first-order valence-corrected chi connectivity index (χ1v) is 8.50. The summed E-state index contributed by atoms with van der Waals surface area (Å²) < 4.78 is 37.6. The van der Waals surface area contributed by atoms with Crippen molar-refractivity contribution in [3.05, 3.63) is 5.32 Å². The summed E-state index contributed by atoms with van der Waals surface area (Å²) in [7, 11) is 1.99. The number of carbonyl (C=O) groups is 1. The molecule has 4 unspecified atom stereocenters. The number of aliphatic imine (C=N–C) groups is 1. The van der Waals surface area contributed by atoms with Gasteiger partial charge >= 0.3 is 6.18 Å². The minimum absolute atomic E-state index is 0. The van der Waals surface area contributed by atoms with Crippen LogP contribution in [0.1, 0.15) is 51.4 Å². The Balaban J connectivity index is 0.00000208. The summed E-state index contributed by atoms with van der Waals surface area (Å²) in [6.07, 6.45) is 2.68. The molecule has 2 saturated carbocycles. The number of nitrogens with zero attached hydrogens (tertiary/aromatic N) is 3. The van der Waals surface area contributed by atoms with Crippen LogP contribution in [0.3, 0.4) is 0 Å². The van der Waals surface area contributed by atoms with Crippen molar-refractivity contribution in [2.24, 2.45) is 10.9 Å². The van der Waals surface area contributed by atoms with Gasteiger partial charge in [-0.25, -0.2) is 0 Å². The van der Waals surface area contributed by atoms with Crippen LogP contribution < -0.4 is 0 Å². The molecule has 8 heteroatoms. The van der Waals surface area contributed by atoms with Crippen molar-refractivity contribution in [1.82, 2.24) is 4.90 Å². The van der Waals surface area contributed by atoms with Gasteiger partial charge in [-0.15, -0.1) is 6.04 Å². The van der Waals surface area contributed by atoms with Crippen molar-refractivity contribution in [3.8, 4) is 0 Å². The standard InChI is InChI=1S/C16H24F3N3O.Zn/c1-22-13-9-5-4-8-12(13)20-14(22)10-6-2-3-7-11(10)21-15(23)16(17,18)19;/h10-13H,2-9H2,1H3,(H,21,23);/p-1. The molecule has 1 amide bonds. The molecule has 2 aliphatic carbocycles. The molecular formula is C16H23F3N3OZn-. The van der Waals surface area contributed by atoms with Crippen LogP contribution in [-0.4, -0.2) is 48.0 Å². The maximum Gasteiger partial charge on any atom is 0.432 e. The van der Waals surface area contributed by atoms with Crippen LogP contribution in [0.25, 0.3) is 5.32 Å². The van der Waals surface area contributed by atoms with Gasteiger partial charge in [0.05, 0.1) is 12.1 Å². The van der Waals surface area contributed by atoms with Gasteiger partial charge in [0.15, 0.2) is 5.91 Å². The van der Waals surface area contributed by atoms with Crippen LogP contribution in [0.4, 0.5) is 13.2 Å². The molecule has 3 aliphatic rings. The van der Waals surface area contributed by atoms with Gasteiger partial charge in [-0.1, -0.05) is 32.1 Å². The third-order valence-electron chi connectivity index (χ3n) is 5.44. The molecule has 0 aromatic heterocycles. The zero-order valence-corrected chi connectivity index (χ0v) is 17.0. The first-order chi connectivity index (χ1) is 10.9. The van der Waals surface area contributed by atoms with Gasteiger partial charge in [0.2, 0.25) is 0 Å². The topological polar surface area (TPSA) is 46.8 Å². The largest absolute Gasteiger partial charge is 0.642 e. The average molecular weight is 396 g/mol. The number of rotatable bonds is 2. The quantitative estimate of drug-likeness (QED) is 0.670. The number of fused-ring (bicyclic) bond motifs is 1. The van der Waals surface area contributed by atoms with E-state index >= 15 is 0 Å². The monoisotopic (exact) mass is 394 g/mol. The second kappa shape index (κ2) is 7.71. The van der Waals surface area contributed by atoms with E-state index in [1.54, 1.807) is 0 Å². The summed E-state index contributed by atoms with van der Waals surface area (Å²) in [4.78, 5) is 18.3. The molecule has 2 fully saturated rings. The molecule has 1 aliphatic heterocycles. The minimum atomic E-state index is -4.88. The van der Waals surface area contributed by atoms with E-state index in [1.807, 2.05) is 7.05 Å². The van der Waals surface area contributed by atoms with E-state index in [2.05, 4.69) is 10.2 Å². The van der Waals surface area contributed by atoms with Crippen molar-refractivity contribution in [2.75, 3.05) is 7.05 Å². The summed E-state index contributed by atoms with van der Waals surface area (Å²) >= 11 is 0. The van der Waals surface area contributed by atoms with Gasteiger partial charge < -0.3 is 15.0 Å². The van der Waals surface area contributed by atoms with E-state index in [4.69, 9.17) is 4.99 Å². The Bertz CT molecular complexity index is 497. The molecule has 0 aromatic carbocycles. The molecule has 0 N–H and O–H groups in total. The van der Waals surface area contributed by atoms with Crippen molar-refractivity contribution in [1.29, 1.82) is 0 Å². The second-order valence-electron chi connectivity index (χ2n) is 6.91. The van der Waals surface area contributed by atoms with E-state index in [9.17, 15) is 18.0 Å². The van der Waals surface area contributed by atoms with Crippen LogP contribution in [-0.2, 0) is 24.3 Å². The molecule has 4 nitrogen and oxygen atoms in total. The van der Waals surface area contributed by atoms with Crippen LogP contribution >= 0.6 is 0 Å². The molecule has 4 atom stereocenters. The van der Waals surface area contributed by atoms with Crippen molar-refractivity contribution >= 4 is 11.7 Å². The maximum absolute atomic E-state index is 12.5. The van der Waals surface area contributed by atoms with Gasteiger partial charge in [0.25, 0.3) is 0 Å². The number of amidine groups is 1. The number of amides is 1. The number of alkyl halides is 3. The second-order valence-corrected chi connectivity index (χ2v) is 6.91. The van der Waals surface area contributed by atoms with Gasteiger partial charge in [0.1, 0.15) is 5.84 Å². The number of carbonyl (C=O) groups excluding carboxylic acids is 1. The van der Waals surface area contributed by atoms with Crippen LogP contribution in [0.5, 0.6) is 0 Å². The molecule has 0 radical (unpaired) electrons. The van der Waals surface area contributed by atoms with E-state index < -0.39 is 18.1 Å². The zero-order chi connectivity index (χ0) is 16.6. The van der Waals surface area contributed by atoms with E-state index in [1.165, 1.54) is 6.42 Å². The van der Waals surface area contributed by atoms with Crippen LogP contribution in [0, 0.1) is 5.92 Å². The van der Waals surface area contributed by atoms with Gasteiger partial charge in [-0.05, 0) is 19.3 Å². The molecule has 0 spiro atoms. The Kier molecular flexibility index (Phi) is 6.32. The molecule has 0 bridgehead atoms. The molecular weight excluding hydrogens is 373 g/mol. The fourth-order valence-corrected chi connectivity index (χ4v) is 4.27. The number of hydrogen-bond acceptors (Lipinski definition) is 3.